The van der Waals surface area contributed by atoms with Crippen molar-refractivity contribution in [2.75, 3.05) is 76.7 Å². The molecule has 0 aliphatic carbocycles. The lowest BCUT2D eigenvalue weighted by atomic mass is 9.98. The van der Waals surface area contributed by atoms with Crippen molar-refractivity contribution in [1.29, 1.82) is 0 Å². The van der Waals surface area contributed by atoms with E-state index in [1.54, 1.807) is 18.2 Å². The van der Waals surface area contributed by atoms with Crippen LogP contribution in [0, 0.1) is 0 Å². The van der Waals surface area contributed by atoms with Gasteiger partial charge in [-0.3, -0.25) is 9.59 Å². The van der Waals surface area contributed by atoms with E-state index in [0.717, 1.165) is 11.1 Å². The Morgan fingerprint density at radius 1 is 0.611 bits per heavy atom. The molecular formula is C26H30Br2O8. The number of Topliss-reactive ketones (excluding diaryl/α,β-unsaturated/α-hetero) is 2. The van der Waals surface area contributed by atoms with Gasteiger partial charge in [0, 0.05) is 11.1 Å². The molecule has 0 spiro atoms. The largest absolute Gasteiger partial charge is 0.491 e. The number of halogens is 2. The zero-order valence-corrected chi connectivity index (χ0v) is 23.1. The molecule has 8 nitrogen and oxygen atoms in total. The maximum absolute atomic E-state index is 12.5. The van der Waals surface area contributed by atoms with Gasteiger partial charge in [-0.15, -0.1) is 0 Å². The molecule has 0 fully saturated rings. The summed E-state index contributed by atoms with van der Waals surface area (Å²) in [6, 6.07) is 10.7. The molecule has 0 N–H and O–H groups in total. The second-order valence-corrected chi connectivity index (χ2v) is 8.80. The van der Waals surface area contributed by atoms with E-state index in [1.807, 2.05) is 18.2 Å². The van der Waals surface area contributed by atoms with Gasteiger partial charge in [0.15, 0.2) is 11.6 Å². The topological polar surface area (TPSA) is 89.5 Å². The fraction of sp³-hybridized carbons (Fsp3) is 0.462. The van der Waals surface area contributed by atoms with Crippen molar-refractivity contribution in [3.05, 3.63) is 47.5 Å². The summed E-state index contributed by atoms with van der Waals surface area (Å²) in [5.41, 5.74) is 2.57. The van der Waals surface area contributed by atoms with E-state index >= 15 is 0 Å². The number of carbonyl (C=O) groups excluding carboxylic acids is 2. The van der Waals surface area contributed by atoms with E-state index in [9.17, 15) is 9.59 Å². The molecule has 0 saturated heterocycles. The zero-order valence-electron chi connectivity index (χ0n) is 20.0. The van der Waals surface area contributed by atoms with Gasteiger partial charge < -0.3 is 28.4 Å². The molecule has 196 valence electrons. The molecule has 0 unspecified atom stereocenters. The van der Waals surface area contributed by atoms with E-state index < -0.39 is 0 Å². The van der Waals surface area contributed by atoms with Crippen LogP contribution in [0.25, 0.3) is 11.1 Å². The Kier molecular flexibility index (Phi) is 12.9. The molecule has 0 aromatic heterocycles. The van der Waals surface area contributed by atoms with Crippen LogP contribution in [0.4, 0.5) is 0 Å². The molecule has 36 heavy (non-hydrogen) atoms. The van der Waals surface area contributed by atoms with Crippen LogP contribution in [0.5, 0.6) is 11.5 Å². The molecule has 0 amide bonds. The highest BCUT2D eigenvalue weighted by atomic mass is 79.9. The summed E-state index contributed by atoms with van der Waals surface area (Å²) in [5, 5.41) is 0.390. The average molecular weight is 630 g/mol. The normalized spacial score (nSPS) is 16.5. The lowest BCUT2D eigenvalue weighted by Crippen LogP contribution is -2.15. The number of hydrogen-bond acceptors (Lipinski definition) is 8. The van der Waals surface area contributed by atoms with Crippen molar-refractivity contribution in [1.82, 2.24) is 0 Å². The van der Waals surface area contributed by atoms with Gasteiger partial charge in [-0.25, -0.2) is 0 Å². The van der Waals surface area contributed by atoms with Crippen LogP contribution in [0.3, 0.4) is 0 Å². The minimum atomic E-state index is -0.0921. The maximum Gasteiger partial charge on any atom is 0.177 e. The Balaban J connectivity index is 1.88. The van der Waals surface area contributed by atoms with Gasteiger partial charge in [-0.1, -0.05) is 44.0 Å². The Bertz CT molecular complexity index is 998. The summed E-state index contributed by atoms with van der Waals surface area (Å²) >= 11 is 6.46. The minimum absolute atomic E-state index is 0.0524. The van der Waals surface area contributed by atoms with Crippen molar-refractivity contribution >= 4 is 43.4 Å². The predicted octanol–water partition coefficient (Wildman–Crippen LogP) is 4.35. The van der Waals surface area contributed by atoms with Gasteiger partial charge in [0.2, 0.25) is 0 Å². The summed E-state index contributed by atoms with van der Waals surface area (Å²) < 4.78 is 34.1. The molecule has 3 rings (SSSR count). The van der Waals surface area contributed by atoms with Crippen molar-refractivity contribution in [3.8, 4) is 22.6 Å². The van der Waals surface area contributed by atoms with Crippen LogP contribution in [0.1, 0.15) is 20.7 Å². The number of ether oxygens (including phenoxy) is 6. The molecule has 0 radical (unpaired) electrons. The summed E-state index contributed by atoms with van der Waals surface area (Å²) in [5.74, 6) is 0.849. The molecule has 2 bridgehead atoms. The van der Waals surface area contributed by atoms with Gasteiger partial charge in [0.25, 0.3) is 0 Å². The van der Waals surface area contributed by atoms with Crippen LogP contribution < -0.4 is 9.47 Å². The molecule has 0 atom stereocenters. The third-order valence-electron chi connectivity index (χ3n) is 5.23. The Morgan fingerprint density at radius 3 is 1.69 bits per heavy atom. The van der Waals surface area contributed by atoms with Gasteiger partial charge in [0.05, 0.1) is 69.1 Å². The zero-order chi connectivity index (χ0) is 25.6. The highest BCUT2D eigenvalue weighted by molar-refractivity contribution is 9.09. The SMILES string of the molecule is O=C(CBr)c1ccc2c(c1)OCCOCCOCCOCCOCCOc1cc-2ccc1C(=O)CBr. The second kappa shape index (κ2) is 16.1. The van der Waals surface area contributed by atoms with Gasteiger partial charge in [0.1, 0.15) is 24.7 Å². The first-order valence-corrected chi connectivity index (χ1v) is 13.9. The van der Waals surface area contributed by atoms with Gasteiger partial charge >= 0.3 is 0 Å². The maximum atomic E-state index is 12.5. The Labute approximate surface area is 227 Å². The Morgan fingerprint density at radius 2 is 1.14 bits per heavy atom. The van der Waals surface area contributed by atoms with Crippen molar-refractivity contribution in [3.63, 3.8) is 0 Å². The predicted molar refractivity (Wildman–Crippen MR) is 142 cm³/mol. The van der Waals surface area contributed by atoms with E-state index in [4.69, 9.17) is 28.4 Å². The molecule has 10 heteroatoms. The first kappa shape index (κ1) is 28.7. The van der Waals surface area contributed by atoms with Crippen LogP contribution in [0.15, 0.2) is 36.4 Å². The number of ketones is 2. The molecule has 0 saturated carbocycles. The summed E-state index contributed by atoms with van der Waals surface area (Å²) in [6.45, 7) is 4.00. The van der Waals surface area contributed by atoms with E-state index in [1.165, 1.54) is 0 Å². The summed E-state index contributed by atoms with van der Waals surface area (Å²) in [6.07, 6.45) is 0. The number of alkyl halides is 2. The van der Waals surface area contributed by atoms with Crippen LogP contribution >= 0.6 is 31.9 Å². The fourth-order valence-corrected chi connectivity index (χ4v) is 4.05. The summed E-state index contributed by atoms with van der Waals surface area (Å²) in [4.78, 5) is 24.8. The molecule has 1 heterocycles. The summed E-state index contributed by atoms with van der Waals surface area (Å²) in [7, 11) is 0. The van der Waals surface area contributed by atoms with Gasteiger partial charge in [-0.05, 0) is 29.8 Å². The molecular weight excluding hydrogens is 600 g/mol. The third kappa shape index (κ3) is 8.93. The first-order chi connectivity index (χ1) is 17.6. The molecule has 1 aliphatic rings. The van der Waals surface area contributed by atoms with Crippen molar-refractivity contribution < 1.29 is 38.0 Å². The Hall–Kier alpha value is -1.82. The smallest absolute Gasteiger partial charge is 0.177 e. The van der Waals surface area contributed by atoms with E-state index in [-0.39, 0.29) is 28.8 Å². The first-order valence-electron chi connectivity index (χ1n) is 11.7. The number of hydrogen-bond donors (Lipinski definition) is 0. The lowest BCUT2D eigenvalue weighted by Gasteiger charge is -2.16. The second-order valence-electron chi connectivity index (χ2n) is 7.68. The third-order valence-corrected chi connectivity index (χ3v) is 6.24. The van der Waals surface area contributed by atoms with Gasteiger partial charge in [-0.2, -0.15) is 0 Å². The van der Waals surface area contributed by atoms with Crippen LogP contribution in [-0.2, 0) is 18.9 Å². The number of fused-ring (bicyclic) bond motifs is 4. The van der Waals surface area contributed by atoms with Crippen molar-refractivity contribution in [2.45, 2.75) is 0 Å². The number of rotatable bonds is 4. The van der Waals surface area contributed by atoms with Crippen LogP contribution in [-0.4, -0.2) is 88.3 Å². The minimum Gasteiger partial charge on any atom is -0.491 e. The fourth-order valence-electron chi connectivity index (χ4n) is 3.43. The monoisotopic (exact) mass is 628 g/mol. The van der Waals surface area contributed by atoms with E-state index in [2.05, 4.69) is 31.9 Å². The molecule has 1 aliphatic heterocycles. The average Bonchev–Trinajstić information content (AvgIpc) is 2.91. The molecule has 2 aromatic rings. The lowest BCUT2D eigenvalue weighted by molar-refractivity contribution is -0.00696. The highest BCUT2D eigenvalue weighted by Crippen LogP contribution is 2.35. The number of carbonyl (C=O) groups is 2. The standard InChI is InChI=1S/C26H30Br2O8/c27-17-23(29)20-2-3-21-19-1-4-22(24(30)18-28)26(15-19)36-14-12-34-10-8-32-6-5-31-7-9-33-11-13-35-25(21)16-20/h1-4,15-16H,5-14,17-18H2. The molecule has 2 aromatic carbocycles. The van der Waals surface area contributed by atoms with E-state index in [0.29, 0.717) is 82.1 Å². The number of benzene rings is 2. The highest BCUT2D eigenvalue weighted by Gasteiger charge is 2.17. The van der Waals surface area contributed by atoms with Crippen molar-refractivity contribution in [2.24, 2.45) is 0 Å². The van der Waals surface area contributed by atoms with Crippen LogP contribution in [0.2, 0.25) is 0 Å². The quantitative estimate of drug-likeness (QED) is 0.364.